The zero-order chi connectivity index (χ0) is 53.4. The molecule has 16 aromatic rings. The van der Waals surface area contributed by atoms with Crippen molar-refractivity contribution in [3.63, 3.8) is 0 Å². The Morgan fingerprint density at radius 1 is 0.173 bits per heavy atom. The molecule has 0 spiro atoms. The molecule has 0 bridgehead atoms. The van der Waals surface area contributed by atoms with Gasteiger partial charge in [-0.05, 0) is 180 Å². The highest BCUT2D eigenvalue weighted by Crippen LogP contribution is 2.44. The number of hydrogen-bond donors (Lipinski definition) is 0. The molecule has 2 aromatic heterocycles. The van der Waals surface area contributed by atoms with Crippen LogP contribution in [0.1, 0.15) is 0 Å². The van der Waals surface area contributed by atoms with Crippen molar-refractivity contribution >= 4 is 93.0 Å². The summed E-state index contributed by atoms with van der Waals surface area (Å²) in [5.41, 5.74) is 19.7. The van der Waals surface area contributed by atoms with Crippen LogP contribution in [0.25, 0.3) is 132 Å². The maximum absolute atomic E-state index is 2.48. The summed E-state index contributed by atoms with van der Waals surface area (Å²) in [5, 5.41) is 12.4. The van der Waals surface area contributed by atoms with E-state index in [2.05, 4.69) is 323 Å². The van der Waals surface area contributed by atoms with Crippen LogP contribution in [0.5, 0.6) is 0 Å². The number of nitrogens with zero attached hydrogens (tertiary/aromatic N) is 3. The van der Waals surface area contributed by atoms with E-state index in [-0.39, 0.29) is 0 Å². The Labute approximate surface area is 469 Å². The van der Waals surface area contributed by atoms with Gasteiger partial charge in [0, 0.05) is 50.0 Å². The number of para-hydroxylation sites is 1. The molecule has 0 aliphatic heterocycles. The Kier molecular flexibility index (Phi) is 10.9. The van der Waals surface area contributed by atoms with E-state index < -0.39 is 0 Å². The zero-order valence-corrected chi connectivity index (χ0v) is 44.3. The number of anilines is 3. The van der Waals surface area contributed by atoms with Gasteiger partial charge in [0.1, 0.15) is 0 Å². The van der Waals surface area contributed by atoms with Crippen molar-refractivity contribution in [2.24, 2.45) is 0 Å². The molecule has 0 aliphatic carbocycles. The predicted molar refractivity (Wildman–Crippen MR) is 344 cm³/mol. The summed E-state index contributed by atoms with van der Waals surface area (Å²) < 4.78 is 4.95. The van der Waals surface area contributed by atoms with Crippen molar-refractivity contribution in [3.05, 3.63) is 309 Å². The van der Waals surface area contributed by atoms with Gasteiger partial charge in [-0.1, -0.05) is 206 Å². The van der Waals surface area contributed by atoms with Gasteiger partial charge in [0.05, 0.1) is 22.1 Å². The second-order valence-electron chi connectivity index (χ2n) is 21.3. The standard InChI is InChI=1S/C78H51N3/c1-5-17-52(18-6-1)55-29-36-61(37-30-55)79(60-23-11-4-12-24-60)62-38-31-56(32-39-62)59-35-45-77-73(49-59)74-51-64(41-46-78(74)80(77)63-40-42-69-67-27-14-13-25-65(67)66-26-15-16-28-68(66)70(69)50-63)81-75-43-33-57(53-19-7-2-8-20-53)47-71(75)72-48-58(34-44-76(72)81)54-21-9-3-10-22-54/h1-51H. The van der Waals surface area contributed by atoms with Crippen LogP contribution < -0.4 is 4.90 Å². The molecule has 378 valence electrons. The summed E-state index contributed by atoms with van der Waals surface area (Å²) in [6, 6.07) is 114. The predicted octanol–water partition coefficient (Wildman–Crippen LogP) is 21.5. The van der Waals surface area contributed by atoms with E-state index in [0.29, 0.717) is 0 Å². The minimum absolute atomic E-state index is 1.09. The number of fused-ring (bicyclic) bond motifs is 12. The normalized spacial score (nSPS) is 11.7. The molecule has 3 heteroatoms. The lowest BCUT2D eigenvalue weighted by atomic mass is 9.94. The van der Waals surface area contributed by atoms with E-state index >= 15 is 0 Å². The largest absolute Gasteiger partial charge is 0.311 e. The first-order valence-electron chi connectivity index (χ1n) is 27.9. The number of benzene rings is 14. The fraction of sp³-hybridized carbons (Fsp3) is 0. The van der Waals surface area contributed by atoms with E-state index in [1.807, 2.05) is 0 Å². The lowest BCUT2D eigenvalue weighted by Gasteiger charge is -2.26. The maximum Gasteiger partial charge on any atom is 0.0542 e. The molecule has 0 atom stereocenters. The van der Waals surface area contributed by atoms with Gasteiger partial charge in [0.25, 0.3) is 0 Å². The molecule has 16 rings (SSSR count). The minimum atomic E-state index is 1.09. The Morgan fingerprint density at radius 2 is 0.444 bits per heavy atom. The topological polar surface area (TPSA) is 13.1 Å². The van der Waals surface area contributed by atoms with Crippen LogP contribution in [0, 0.1) is 0 Å². The average Bonchev–Trinajstić information content (AvgIpc) is 4.21. The van der Waals surface area contributed by atoms with Gasteiger partial charge < -0.3 is 14.0 Å². The van der Waals surface area contributed by atoms with Crippen molar-refractivity contribution < 1.29 is 0 Å². The highest BCUT2D eigenvalue weighted by Gasteiger charge is 2.21. The van der Waals surface area contributed by atoms with Gasteiger partial charge >= 0.3 is 0 Å². The summed E-state index contributed by atoms with van der Waals surface area (Å²) in [7, 11) is 0. The van der Waals surface area contributed by atoms with Gasteiger partial charge in [-0.3, -0.25) is 0 Å². The molecule has 3 nitrogen and oxygen atoms in total. The van der Waals surface area contributed by atoms with Crippen LogP contribution in [-0.2, 0) is 0 Å². The number of hydrogen-bond acceptors (Lipinski definition) is 1. The number of rotatable bonds is 9. The summed E-state index contributed by atoms with van der Waals surface area (Å²) in [6.07, 6.45) is 0. The van der Waals surface area contributed by atoms with Crippen LogP contribution in [0.4, 0.5) is 17.1 Å². The summed E-state index contributed by atoms with van der Waals surface area (Å²) >= 11 is 0. The Bertz CT molecular complexity index is 4930. The number of aromatic nitrogens is 2. The molecule has 0 fully saturated rings. The van der Waals surface area contributed by atoms with E-state index in [9.17, 15) is 0 Å². The third-order valence-electron chi connectivity index (χ3n) is 16.7. The zero-order valence-electron chi connectivity index (χ0n) is 44.3. The van der Waals surface area contributed by atoms with Gasteiger partial charge in [-0.25, -0.2) is 0 Å². The summed E-state index contributed by atoms with van der Waals surface area (Å²) in [6.45, 7) is 0. The molecule has 14 aromatic carbocycles. The van der Waals surface area contributed by atoms with Crippen LogP contribution in [0.2, 0.25) is 0 Å². The molecule has 0 unspecified atom stereocenters. The Balaban J connectivity index is 0.881. The average molecular weight is 1030 g/mol. The Morgan fingerprint density at radius 3 is 0.877 bits per heavy atom. The van der Waals surface area contributed by atoms with Crippen LogP contribution in [0.3, 0.4) is 0 Å². The van der Waals surface area contributed by atoms with Crippen molar-refractivity contribution in [1.29, 1.82) is 0 Å². The lowest BCUT2D eigenvalue weighted by molar-refractivity contribution is 1.17. The first-order valence-corrected chi connectivity index (χ1v) is 27.9. The maximum atomic E-state index is 2.48. The van der Waals surface area contributed by atoms with E-state index in [1.54, 1.807) is 0 Å². The molecule has 0 saturated heterocycles. The van der Waals surface area contributed by atoms with Crippen LogP contribution >= 0.6 is 0 Å². The molecular weight excluding hydrogens is 979 g/mol. The minimum Gasteiger partial charge on any atom is -0.311 e. The SMILES string of the molecule is c1ccc(-c2ccc(N(c3ccccc3)c3ccc(-c4ccc5c(c4)c4cc(-n6c7ccc(-c8ccccc8)cc7c7cc(-c8ccccc8)ccc76)ccc4n5-c4ccc5c6ccccc6c6ccccc6c5c4)cc3)cc2)cc1. The summed E-state index contributed by atoms with van der Waals surface area (Å²) in [4.78, 5) is 2.34. The fourth-order valence-corrected chi connectivity index (χ4v) is 12.8. The van der Waals surface area contributed by atoms with Crippen LogP contribution in [0.15, 0.2) is 309 Å². The first kappa shape index (κ1) is 46.4. The van der Waals surface area contributed by atoms with Crippen molar-refractivity contribution in [3.8, 4) is 55.9 Å². The molecule has 0 amide bonds. The van der Waals surface area contributed by atoms with E-state index in [4.69, 9.17) is 0 Å². The molecule has 0 radical (unpaired) electrons. The summed E-state index contributed by atoms with van der Waals surface area (Å²) in [5.74, 6) is 0. The van der Waals surface area contributed by atoms with Gasteiger partial charge in [0.15, 0.2) is 0 Å². The van der Waals surface area contributed by atoms with Gasteiger partial charge in [-0.15, -0.1) is 0 Å². The quantitative estimate of drug-likeness (QED) is 0.131. The monoisotopic (exact) mass is 1030 g/mol. The van der Waals surface area contributed by atoms with E-state index in [0.717, 1.165) is 50.6 Å². The smallest absolute Gasteiger partial charge is 0.0542 e. The van der Waals surface area contributed by atoms with E-state index in [1.165, 1.54) is 98.3 Å². The molecule has 81 heavy (non-hydrogen) atoms. The molecular formula is C78H51N3. The second-order valence-corrected chi connectivity index (χ2v) is 21.3. The molecule has 0 aliphatic rings. The van der Waals surface area contributed by atoms with Gasteiger partial charge in [0.2, 0.25) is 0 Å². The van der Waals surface area contributed by atoms with Crippen molar-refractivity contribution in [2.75, 3.05) is 4.90 Å². The lowest BCUT2D eigenvalue weighted by Crippen LogP contribution is -2.09. The Hall–Kier alpha value is -10.7. The molecule has 0 saturated carbocycles. The highest BCUT2D eigenvalue weighted by atomic mass is 15.1. The second kappa shape index (κ2) is 19.0. The third-order valence-corrected chi connectivity index (χ3v) is 16.7. The third kappa shape index (κ3) is 7.81. The molecule has 0 N–H and O–H groups in total. The van der Waals surface area contributed by atoms with Crippen LogP contribution in [-0.4, -0.2) is 9.13 Å². The fourth-order valence-electron chi connectivity index (χ4n) is 12.8. The van der Waals surface area contributed by atoms with Crippen molar-refractivity contribution in [2.45, 2.75) is 0 Å². The first-order chi connectivity index (χ1) is 40.2. The van der Waals surface area contributed by atoms with Gasteiger partial charge in [-0.2, -0.15) is 0 Å². The van der Waals surface area contributed by atoms with Crippen molar-refractivity contribution in [1.82, 2.24) is 9.13 Å². The molecule has 2 heterocycles. The highest BCUT2D eigenvalue weighted by molar-refractivity contribution is 6.26.